The lowest BCUT2D eigenvalue weighted by Gasteiger charge is -2.34. The van der Waals surface area contributed by atoms with Crippen molar-refractivity contribution in [3.63, 3.8) is 0 Å². The third-order valence-electron chi connectivity index (χ3n) is 7.19. The van der Waals surface area contributed by atoms with Crippen LogP contribution >= 0.6 is 11.6 Å². The maximum Gasteiger partial charge on any atom is 0.264 e. The maximum atomic E-state index is 14.5. The van der Waals surface area contributed by atoms with Crippen LogP contribution in [0.4, 0.5) is 5.69 Å². The van der Waals surface area contributed by atoms with Gasteiger partial charge in [0, 0.05) is 24.0 Å². The zero-order valence-electron chi connectivity index (χ0n) is 25.4. The summed E-state index contributed by atoms with van der Waals surface area (Å²) in [6.45, 7) is 7.06. The van der Waals surface area contributed by atoms with Crippen molar-refractivity contribution in [2.75, 3.05) is 10.8 Å². The summed E-state index contributed by atoms with van der Waals surface area (Å²) in [5.74, 6) is -0.844. The number of nitrogens with zero attached hydrogens (tertiary/aromatic N) is 2. The molecule has 2 amide bonds. The molecule has 4 rings (SSSR count). The van der Waals surface area contributed by atoms with Crippen LogP contribution in [-0.4, -0.2) is 43.8 Å². The third kappa shape index (κ3) is 8.27. The topological polar surface area (TPSA) is 86.8 Å². The van der Waals surface area contributed by atoms with Gasteiger partial charge in [-0.05, 0) is 68.7 Å². The summed E-state index contributed by atoms with van der Waals surface area (Å²) in [6, 6.07) is 29.0. The van der Waals surface area contributed by atoms with E-state index in [1.165, 1.54) is 17.0 Å². The highest BCUT2D eigenvalue weighted by atomic mass is 35.5. The average molecular weight is 632 g/mol. The van der Waals surface area contributed by atoms with Gasteiger partial charge in [0.2, 0.25) is 11.8 Å². The molecule has 44 heavy (non-hydrogen) atoms. The van der Waals surface area contributed by atoms with Crippen LogP contribution in [0.15, 0.2) is 108 Å². The molecule has 0 saturated heterocycles. The van der Waals surface area contributed by atoms with E-state index in [-0.39, 0.29) is 35.5 Å². The molecule has 0 spiro atoms. The molecule has 1 unspecified atom stereocenters. The van der Waals surface area contributed by atoms with Crippen LogP contribution < -0.4 is 9.62 Å². The molecular weight excluding hydrogens is 594 g/mol. The highest BCUT2D eigenvalue weighted by Crippen LogP contribution is 2.29. The number of anilines is 1. The number of amides is 2. The Hall–Kier alpha value is -4.14. The first-order chi connectivity index (χ1) is 21.0. The zero-order valence-corrected chi connectivity index (χ0v) is 27.0. The Morgan fingerprint density at radius 2 is 1.45 bits per heavy atom. The standard InChI is InChI=1S/C35H38ClN3O4S/c1-25(2)37-35(41)33(21-28-13-7-5-8-14-28)38(23-29-15-11-12-26(3)20-29)34(40)24-39(30-19-18-27(4)32(36)22-30)44(42,43)31-16-9-6-10-17-31/h5-20,22,25,33H,21,23-24H2,1-4H3,(H,37,41). The second-order valence-electron chi connectivity index (χ2n) is 11.1. The van der Waals surface area contributed by atoms with Crippen LogP contribution in [0.1, 0.15) is 36.1 Å². The van der Waals surface area contributed by atoms with E-state index in [1.54, 1.807) is 36.4 Å². The molecular formula is C35H38ClN3O4S. The molecule has 4 aromatic carbocycles. The van der Waals surface area contributed by atoms with Crippen LogP contribution in [0.2, 0.25) is 5.02 Å². The van der Waals surface area contributed by atoms with Gasteiger partial charge in [-0.25, -0.2) is 8.42 Å². The fraction of sp³-hybridized carbons (Fsp3) is 0.257. The first-order valence-electron chi connectivity index (χ1n) is 14.5. The lowest BCUT2D eigenvalue weighted by atomic mass is 10.0. The van der Waals surface area contributed by atoms with Crippen LogP contribution in [0.25, 0.3) is 0 Å². The lowest BCUT2D eigenvalue weighted by molar-refractivity contribution is -0.140. The number of carbonyl (C=O) groups excluding carboxylic acids is 2. The van der Waals surface area contributed by atoms with E-state index in [4.69, 9.17) is 11.6 Å². The van der Waals surface area contributed by atoms with Gasteiger partial charge < -0.3 is 10.2 Å². The van der Waals surface area contributed by atoms with Crippen molar-refractivity contribution in [2.45, 2.75) is 57.6 Å². The minimum atomic E-state index is -4.19. The molecule has 4 aromatic rings. The van der Waals surface area contributed by atoms with E-state index in [0.29, 0.717) is 5.02 Å². The number of carbonyl (C=O) groups is 2. The van der Waals surface area contributed by atoms with E-state index in [0.717, 1.165) is 26.6 Å². The predicted molar refractivity (Wildman–Crippen MR) is 176 cm³/mol. The number of hydrogen-bond donors (Lipinski definition) is 1. The molecule has 7 nitrogen and oxygen atoms in total. The van der Waals surface area contributed by atoms with E-state index in [9.17, 15) is 18.0 Å². The van der Waals surface area contributed by atoms with Crippen molar-refractivity contribution in [2.24, 2.45) is 0 Å². The smallest absolute Gasteiger partial charge is 0.264 e. The van der Waals surface area contributed by atoms with Crippen molar-refractivity contribution in [3.05, 3.63) is 130 Å². The quantitative estimate of drug-likeness (QED) is 0.198. The van der Waals surface area contributed by atoms with Crippen LogP contribution in [0, 0.1) is 13.8 Å². The summed E-state index contributed by atoms with van der Waals surface area (Å²) in [6.07, 6.45) is 0.249. The lowest BCUT2D eigenvalue weighted by Crippen LogP contribution is -2.54. The van der Waals surface area contributed by atoms with Crippen LogP contribution in [-0.2, 0) is 32.6 Å². The molecule has 0 fully saturated rings. The average Bonchev–Trinajstić information content (AvgIpc) is 2.99. The number of nitrogens with one attached hydrogen (secondary N) is 1. The Morgan fingerprint density at radius 3 is 2.07 bits per heavy atom. The second kappa shape index (κ2) is 14.6. The second-order valence-corrected chi connectivity index (χ2v) is 13.4. The van der Waals surface area contributed by atoms with Gasteiger partial charge in [0.05, 0.1) is 10.6 Å². The molecule has 0 aliphatic carbocycles. The fourth-order valence-electron chi connectivity index (χ4n) is 4.93. The predicted octanol–water partition coefficient (Wildman–Crippen LogP) is 6.32. The molecule has 0 aromatic heterocycles. The molecule has 1 N–H and O–H groups in total. The van der Waals surface area contributed by atoms with Gasteiger partial charge in [0.15, 0.2) is 0 Å². The summed E-state index contributed by atoms with van der Waals surface area (Å²) in [5.41, 5.74) is 3.72. The number of halogens is 1. The third-order valence-corrected chi connectivity index (χ3v) is 9.39. The zero-order chi connectivity index (χ0) is 31.9. The van der Waals surface area contributed by atoms with Crippen molar-refractivity contribution in [3.8, 4) is 0 Å². The first kappa shape index (κ1) is 32.8. The van der Waals surface area contributed by atoms with Crippen molar-refractivity contribution < 1.29 is 18.0 Å². The first-order valence-corrected chi connectivity index (χ1v) is 16.3. The SMILES string of the molecule is Cc1cccc(CN(C(=O)CN(c2ccc(C)c(Cl)c2)S(=O)(=O)c2ccccc2)C(Cc2ccccc2)C(=O)NC(C)C)c1. The Bertz CT molecular complexity index is 1700. The van der Waals surface area contributed by atoms with Gasteiger partial charge in [-0.15, -0.1) is 0 Å². The fourth-order valence-corrected chi connectivity index (χ4v) is 6.53. The summed E-state index contributed by atoms with van der Waals surface area (Å²) < 4.78 is 29.2. The van der Waals surface area contributed by atoms with E-state index in [1.807, 2.05) is 82.3 Å². The van der Waals surface area contributed by atoms with Crippen molar-refractivity contribution >= 4 is 39.1 Å². The number of sulfonamides is 1. The van der Waals surface area contributed by atoms with Gasteiger partial charge in [0.25, 0.3) is 10.0 Å². The molecule has 0 saturated carbocycles. The van der Waals surface area contributed by atoms with Gasteiger partial charge in [-0.1, -0.05) is 96.0 Å². The molecule has 0 heterocycles. The Kier molecular flexibility index (Phi) is 10.8. The highest BCUT2D eigenvalue weighted by molar-refractivity contribution is 7.92. The Labute approximate surface area is 265 Å². The van der Waals surface area contributed by atoms with Crippen molar-refractivity contribution in [1.29, 1.82) is 0 Å². The van der Waals surface area contributed by atoms with E-state index in [2.05, 4.69) is 5.32 Å². The van der Waals surface area contributed by atoms with Crippen molar-refractivity contribution in [1.82, 2.24) is 10.2 Å². The van der Waals surface area contributed by atoms with Crippen LogP contribution in [0.3, 0.4) is 0 Å². The minimum absolute atomic E-state index is 0.0353. The summed E-state index contributed by atoms with van der Waals surface area (Å²) in [7, 11) is -4.19. The number of aryl methyl sites for hydroxylation is 2. The number of hydrogen-bond acceptors (Lipinski definition) is 4. The summed E-state index contributed by atoms with van der Waals surface area (Å²) in [5, 5.41) is 3.34. The van der Waals surface area contributed by atoms with Gasteiger partial charge in [-0.2, -0.15) is 0 Å². The molecule has 0 radical (unpaired) electrons. The Morgan fingerprint density at radius 1 is 0.818 bits per heavy atom. The minimum Gasteiger partial charge on any atom is -0.352 e. The van der Waals surface area contributed by atoms with Crippen LogP contribution in [0.5, 0.6) is 0 Å². The molecule has 1 atom stereocenters. The van der Waals surface area contributed by atoms with E-state index < -0.39 is 28.5 Å². The van der Waals surface area contributed by atoms with Gasteiger partial charge in [-0.3, -0.25) is 13.9 Å². The summed E-state index contributed by atoms with van der Waals surface area (Å²) in [4.78, 5) is 29.8. The summed E-state index contributed by atoms with van der Waals surface area (Å²) >= 11 is 6.44. The van der Waals surface area contributed by atoms with E-state index >= 15 is 0 Å². The maximum absolute atomic E-state index is 14.5. The monoisotopic (exact) mass is 631 g/mol. The molecule has 9 heteroatoms. The Balaban J connectivity index is 1.82. The molecule has 0 aliphatic rings. The normalized spacial score (nSPS) is 12.0. The highest BCUT2D eigenvalue weighted by Gasteiger charge is 2.35. The van der Waals surface area contributed by atoms with Gasteiger partial charge in [0.1, 0.15) is 12.6 Å². The molecule has 230 valence electrons. The molecule has 0 bridgehead atoms. The number of benzene rings is 4. The van der Waals surface area contributed by atoms with Gasteiger partial charge >= 0.3 is 0 Å². The largest absolute Gasteiger partial charge is 0.352 e. The number of rotatable bonds is 12. The molecule has 0 aliphatic heterocycles.